The molecule has 1 aliphatic carbocycles. The first-order chi connectivity index (χ1) is 9.97. The van der Waals surface area contributed by atoms with E-state index in [1.807, 2.05) is 6.07 Å². The maximum atomic E-state index is 11.5. The minimum Gasteiger partial charge on any atom is -0.378 e. The van der Waals surface area contributed by atoms with Crippen molar-refractivity contribution in [2.24, 2.45) is 5.92 Å². The fourth-order valence-corrected chi connectivity index (χ4v) is 3.66. The van der Waals surface area contributed by atoms with Gasteiger partial charge in [-0.15, -0.1) is 0 Å². The lowest BCUT2D eigenvalue weighted by atomic mass is 9.86. The predicted molar refractivity (Wildman–Crippen MR) is 84.9 cm³/mol. The van der Waals surface area contributed by atoms with Crippen LogP contribution in [0.4, 0.5) is 11.4 Å². The minimum absolute atomic E-state index is 0.382. The largest absolute Gasteiger partial charge is 0.378 e. The van der Waals surface area contributed by atoms with Crippen molar-refractivity contribution < 1.29 is 9.90 Å². The van der Waals surface area contributed by atoms with Gasteiger partial charge in [-0.3, -0.25) is 4.79 Å². The molecule has 1 amide bonds. The number of carbonyl (C=O) groups is 1. The summed E-state index contributed by atoms with van der Waals surface area (Å²) in [4.78, 5) is 13.8. The molecule has 4 nitrogen and oxygen atoms in total. The van der Waals surface area contributed by atoms with E-state index in [0.29, 0.717) is 22.3 Å². The number of hydrogen-bond donors (Lipinski definition) is 2. The third-order valence-corrected chi connectivity index (χ3v) is 5.14. The van der Waals surface area contributed by atoms with E-state index in [4.69, 9.17) is 11.6 Å². The van der Waals surface area contributed by atoms with Crippen molar-refractivity contribution in [3.8, 4) is 0 Å². The Balaban J connectivity index is 1.86. The molecule has 1 aromatic carbocycles. The van der Waals surface area contributed by atoms with Gasteiger partial charge in [0.25, 0.3) is 5.91 Å². The molecule has 3 rings (SSSR count). The SMILES string of the molecule is CC1CCC(N(C)c2cc3c(cc2Cl)C(O)C(=O)N3)CC1. The highest BCUT2D eigenvalue weighted by molar-refractivity contribution is 6.33. The van der Waals surface area contributed by atoms with Crippen LogP contribution in [0.2, 0.25) is 5.02 Å². The van der Waals surface area contributed by atoms with Crippen molar-refractivity contribution in [2.75, 3.05) is 17.3 Å². The average Bonchev–Trinajstić information content (AvgIpc) is 2.73. The number of aliphatic hydroxyl groups excluding tert-OH is 1. The summed E-state index contributed by atoms with van der Waals surface area (Å²) >= 11 is 6.37. The standard InChI is InChI=1S/C16H21ClN2O2/c1-9-3-5-10(6-4-9)19(2)14-8-13-11(7-12(14)17)15(20)16(21)18-13/h7-10,15,20H,3-6H2,1-2H3,(H,18,21). The molecule has 0 aromatic heterocycles. The highest BCUT2D eigenvalue weighted by atomic mass is 35.5. The second kappa shape index (κ2) is 5.50. The number of amides is 1. The van der Waals surface area contributed by atoms with Gasteiger partial charge in [-0.2, -0.15) is 0 Å². The van der Waals surface area contributed by atoms with Gasteiger partial charge >= 0.3 is 0 Å². The third kappa shape index (κ3) is 2.62. The Labute approximate surface area is 130 Å². The Morgan fingerprint density at radius 1 is 1.29 bits per heavy atom. The Bertz CT molecular complexity index is 568. The topological polar surface area (TPSA) is 52.6 Å². The van der Waals surface area contributed by atoms with Crippen LogP contribution in [0, 0.1) is 5.92 Å². The lowest BCUT2D eigenvalue weighted by Crippen LogP contribution is -2.35. The molecule has 0 radical (unpaired) electrons. The lowest BCUT2D eigenvalue weighted by Gasteiger charge is -2.35. The monoisotopic (exact) mass is 308 g/mol. The van der Waals surface area contributed by atoms with Crippen LogP contribution in [-0.4, -0.2) is 24.1 Å². The molecule has 2 N–H and O–H groups in total. The number of carbonyl (C=O) groups excluding carboxylic acids is 1. The second-order valence-corrected chi connectivity index (χ2v) is 6.71. The molecule has 0 saturated heterocycles. The van der Waals surface area contributed by atoms with Crippen molar-refractivity contribution in [1.82, 2.24) is 0 Å². The molecule has 1 atom stereocenters. The van der Waals surface area contributed by atoms with Crippen LogP contribution in [0.5, 0.6) is 0 Å². The molecule has 0 bridgehead atoms. The van der Waals surface area contributed by atoms with E-state index in [9.17, 15) is 9.90 Å². The van der Waals surface area contributed by atoms with Crippen LogP contribution < -0.4 is 10.2 Å². The normalized spacial score (nSPS) is 28.2. The van der Waals surface area contributed by atoms with Crippen LogP contribution in [0.1, 0.15) is 44.3 Å². The number of nitrogens with one attached hydrogen (secondary N) is 1. The zero-order valence-electron chi connectivity index (χ0n) is 12.4. The Hall–Kier alpha value is -1.26. The third-order valence-electron chi connectivity index (χ3n) is 4.83. The number of nitrogens with zero attached hydrogens (tertiary/aromatic N) is 1. The smallest absolute Gasteiger partial charge is 0.257 e. The van der Waals surface area contributed by atoms with Crippen LogP contribution in [0.25, 0.3) is 0 Å². The highest BCUT2D eigenvalue weighted by Gasteiger charge is 2.31. The van der Waals surface area contributed by atoms with Gasteiger partial charge in [0.2, 0.25) is 0 Å². The van der Waals surface area contributed by atoms with Crippen LogP contribution in [-0.2, 0) is 4.79 Å². The summed E-state index contributed by atoms with van der Waals surface area (Å²) < 4.78 is 0. The Morgan fingerprint density at radius 2 is 1.95 bits per heavy atom. The summed E-state index contributed by atoms with van der Waals surface area (Å²) in [6.45, 7) is 2.30. The van der Waals surface area contributed by atoms with E-state index in [0.717, 1.165) is 11.6 Å². The summed E-state index contributed by atoms with van der Waals surface area (Å²) in [5.74, 6) is 0.423. The van der Waals surface area contributed by atoms with E-state index in [1.54, 1.807) is 6.07 Å². The van der Waals surface area contributed by atoms with Gasteiger partial charge in [-0.25, -0.2) is 0 Å². The number of halogens is 1. The van der Waals surface area contributed by atoms with Gasteiger partial charge in [-0.05, 0) is 43.7 Å². The number of benzene rings is 1. The average molecular weight is 309 g/mol. The second-order valence-electron chi connectivity index (χ2n) is 6.31. The summed E-state index contributed by atoms with van der Waals surface area (Å²) in [6.07, 6.45) is 3.72. The van der Waals surface area contributed by atoms with Crippen LogP contribution in [0.3, 0.4) is 0 Å². The van der Waals surface area contributed by atoms with Crippen molar-refractivity contribution in [2.45, 2.75) is 44.8 Å². The van der Waals surface area contributed by atoms with Gasteiger partial charge in [0.1, 0.15) is 0 Å². The van der Waals surface area contributed by atoms with Gasteiger partial charge in [0.05, 0.1) is 10.7 Å². The van der Waals surface area contributed by atoms with E-state index >= 15 is 0 Å². The molecule has 1 heterocycles. The van der Waals surface area contributed by atoms with E-state index in [-0.39, 0.29) is 5.91 Å². The number of fused-ring (bicyclic) bond motifs is 1. The molecule has 0 spiro atoms. The van der Waals surface area contributed by atoms with E-state index in [1.165, 1.54) is 25.7 Å². The zero-order chi connectivity index (χ0) is 15.1. The summed E-state index contributed by atoms with van der Waals surface area (Å²) in [5, 5.41) is 13.1. The fourth-order valence-electron chi connectivity index (χ4n) is 3.35. The first-order valence-corrected chi connectivity index (χ1v) is 7.90. The maximum Gasteiger partial charge on any atom is 0.257 e. The Kier molecular flexibility index (Phi) is 3.84. The molecule has 21 heavy (non-hydrogen) atoms. The highest BCUT2D eigenvalue weighted by Crippen LogP contribution is 2.40. The molecule has 1 fully saturated rings. The van der Waals surface area contributed by atoms with Crippen molar-refractivity contribution in [3.05, 3.63) is 22.7 Å². The van der Waals surface area contributed by atoms with Gasteiger partial charge in [0.15, 0.2) is 6.10 Å². The molecular formula is C16H21ClN2O2. The molecule has 1 aliphatic heterocycles. The Morgan fingerprint density at radius 3 is 2.62 bits per heavy atom. The molecule has 1 unspecified atom stereocenters. The molecule has 1 aromatic rings. The number of anilines is 2. The zero-order valence-corrected chi connectivity index (χ0v) is 13.2. The van der Waals surface area contributed by atoms with Crippen LogP contribution in [0.15, 0.2) is 12.1 Å². The number of rotatable bonds is 2. The summed E-state index contributed by atoms with van der Waals surface area (Å²) in [7, 11) is 2.06. The fraction of sp³-hybridized carbons (Fsp3) is 0.562. The predicted octanol–water partition coefficient (Wildman–Crippen LogP) is 3.34. The van der Waals surface area contributed by atoms with Crippen molar-refractivity contribution in [3.63, 3.8) is 0 Å². The van der Waals surface area contributed by atoms with Crippen molar-refractivity contribution >= 4 is 28.9 Å². The van der Waals surface area contributed by atoms with Gasteiger partial charge < -0.3 is 15.3 Å². The minimum atomic E-state index is -1.10. The molecule has 1 saturated carbocycles. The van der Waals surface area contributed by atoms with Crippen molar-refractivity contribution in [1.29, 1.82) is 0 Å². The number of aliphatic hydroxyl groups is 1. The first-order valence-electron chi connectivity index (χ1n) is 7.52. The van der Waals surface area contributed by atoms with E-state index in [2.05, 4.69) is 24.2 Å². The molecular weight excluding hydrogens is 288 g/mol. The maximum absolute atomic E-state index is 11.5. The molecule has 5 heteroatoms. The number of hydrogen-bond acceptors (Lipinski definition) is 3. The van der Waals surface area contributed by atoms with Gasteiger partial charge in [0, 0.05) is 24.3 Å². The molecule has 2 aliphatic rings. The summed E-state index contributed by atoms with van der Waals surface area (Å²) in [6, 6.07) is 4.07. The first kappa shape index (κ1) is 14.7. The lowest BCUT2D eigenvalue weighted by molar-refractivity contribution is -0.123. The summed E-state index contributed by atoms with van der Waals surface area (Å²) in [5.41, 5.74) is 2.16. The van der Waals surface area contributed by atoms with Gasteiger partial charge in [-0.1, -0.05) is 18.5 Å². The van der Waals surface area contributed by atoms with E-state index < -0.39 is 6.10 Å². The molecule has 114 valence electrons. The quantitative estimate of drug-likeness (QED) is 0.881. The van der Waals surface area contributed by atoms with Crippen LogP contribution >= 0.6 is 11.6 Å².